The maximum Gasteiger partial charge on any atom is 0.410 e. The number of halogens is 1. The molecule has 1 aliphatic carbocycles. The van der Waals surface area contributed by atoms with Crippen molar-refractivity contribution < 1.29 is 14.3 Å². The molecule has 6 heteroatoms. The number of fused-ring (bicyclic) bond motifs is 3. The van der Waals surface area contributed by atoms with Gasteiger partial charge in [0, 0.05) is 28.2 Å². The fraction of sp³-hybridized carbons (Fsp3) is 0.346. The molecule has 0 bridgehead atoms. The number of rotatable bonds is 6. The third-order valence-electron chi connectivity index (χ3n) is 6.55. The summed E-state index contributed by atoms with van der Waals surface area (Å²) in [5, 5.41) is 1.83. The van der Waals surface area contributed by atoms with E-state index in [0.29, 0.717) is 30.7 Å². The van der Waals surface area contributed by atoms with Crippen LogP contribution in [-0.2, 0) is 11.2 Å². The number of nitrogens with one attached hydrogen (secondary N) is 1. The first kappa shape index (κ1) is 21.0. The van der Waals surface area contributed by atoms with E-state index in [2.05, 4.69) is 11.6 Å². The Labute approximate surface area is 193 Å². The predicted molar refractivity (Wildman–Crippen MR) is 126 cm³/mol. The summed E-state index contributed by atoms with van der Waals surface area (Å²) in [4.78, 5) is 18.6. The highest BCUT2D eigenvalue weighted by atomic mass is 35.5. The molecule has 0 radical (unpaired) electrons. The Morgan fingerprint density at radius 1 is 1.22 bits per heavy atom. The van der Waals surface area contributed by atoms with Gasteiger partial charge in [0.1, 0.15) is 18.4 Å². The quantitative estimate of drug-likeness (QED) is 0.450. The molecule has 2 aliphatic rings. The third-order valence-corrected chi connectivity index (χ3v) is 6.79. The lowest BCUT2D eigenvalue weighted by molar-refractivity contribution is 0.0620. The largest absolute Gasteiger partial charge is 0.490 e. The summed E-state index contributed by atoms with van der Waals surface area (Å²) in [7, 11) is 0. The zero-order valence-corrected chi connectivity index (χ0v) is 18.7. The van der Waals surface area contributed by atoms with Crippen molar-refractivity contribution in [3.05, 3.63) is 77.0 Å². The first-order valence-electron chi connectivity index (χ1n) is 11.2. The standard InChI is InChI=1S/C26H27ClN2O3/c1-2-14-31-20-9-6-18(7-10-20)25-24-21(22-15-19(27)8-11-23(22)28-24)12-13-29(25)26(30)32-16-17-4-3-5-17/h2,6-11,15,17,25,28H,1,3-5,12-14,16H2/t25-/m0/s1. The van der Waals surface area contributed by atoms with Crippen LogP contribution in [0.2, 0.25) is 5.02 Å². The van der Waals surface area contributed by atoms with Crippen molar-refractivity contribution in [3.8, 4) is 5.75 Å². The number of carbonyl (C=O) groups excluding carboxylic acids is 1. The molecule has 3 aromatic rings. The van der Waals surface area contributed by atoms with Crippen molar-refractivity contribution in [2.45, 2.75) is 31.7 Å². The van der Waals surface area contributed by atoms with Gasteiger partial charge in [-0.2, -0.15) is 0 Å². The van der Waals surface area contributed by atoms with Gasteiger partial charge < -0.3 is 14.5 Å². The first-order valence-corrected chi connectivity index (χ1v) is 11.6. The number of hydrogen-bond acceptors (Lipinski definition) is 3. The Morgan fingerprint density at radius 3 is 2.75 bits per heavy atom. The minimum Gasteiger partial charge on any atom is -0.490 e. The smallest absolute Gasteiger partial charge is 0.410 e. The fourth-order valence-corrected chi connectivity index (χ4v) is 4.81. The van der Waals surface area contributed by atoms with E-state index in [1.54, 1.807) is 6.08 Å². The highest BCUT2D eigenvalue weighted by Crippen LogP contribution is 2.40. The number of carbonyl (C=O) groups is 1. The molecule has 166 valence electrons. The van der Waals surface area contributed by atoms with Gasteiger partial charge in [0.25, 0.3) is 0 Å². The number of nitrogens with zero attached hydrogens (tertiary/aromatic N) is 1. The van der Waals surface area contributed by atoms with Crippen molar-refractivity contribution >= 4 is 28.6 Å². The minimum atomic E-state index is -0.257. The van der Waals surface area contributed by atoms with Gasteiger partial charge in [-0.15, -0.1) is 0 Å². The molecule has 0 spiro atoms. The van der Waals surface area contributed by atoms with Gasteiger partial charge in [-0.3, -0.25) is 4.90 Å². The van der Waals surface area contributed by atoms with Crippen LogP contribution in [0.25, 0.3) is 10.9 Å². The Hall–Kier alpha value is -2.92. The zero-order chi connectivity index (χ0) is 22.1. The molecule has 1 saturated carbocycles. The number of ether oxygens (including phenoxy) is 2. The number of benzene rings is 2. The van der Waals surface area contributed by atoms with E-state index in [1.165, 1.54) is 12.0 Å². The molecule has 1 N–H and O–H groups in total. The molecule has 0 unspecified atom stereocenters. The molecule has 2 heterocycles. The number of H-pyrrole nitrogens is 1. The van der Waals surface area contributed by atoms with Gasteiger partial charge in [-0.1, -0.05) is 42.8 Å². The molecule has 5 rings (SSSR count). The average molecular weight is 451 g/mol. The van der Waals surface area contributed by atoms with E-state index in [4.69, 9.17) is 21.1 Å². The molecule has 1 aromatic heterocycles. The van der Waals surface area contributed by atoms with Crippen LogP contribution in [0, 0.1) is 5.92 Å². The monoisotopic (exact) mass is 450 g/mol. The molecule has 5 nitrogen and oxygen atoms in total. The Morgan fingerprint density at radius 2 is 2.03 bits per heavy atom. The molecule has 1 aliphatic heterocycles. The zero-order valence-electron chi connectivity index (χ0n) is 18.0. The van der Waals surface area contributed by atoms with Crippen LogP contribution in [0.5, 0.6) is 5.75 Å². The molecule has 1 amide bonds. The van der Waals surface area contributed by atoms with Crippen LogP contribution in [0.15, 0.2) is 55.1 Å². The summed E-state index contributed by atoms with van der Waals surface area (Å²) in [6.45, 7) is 5.24. The lowest BCUT2D eigenvalue weighted by Gasteiger charge is -2.36. The third kappa shape index (κ3) is 3.97. The number of hydrogen-bond donors (Lipinski definition) is 1. The van der Waals surface area contributed by atoms with Crippen molar-refractivity contribution in [1.29, 1.82) is 0 Å². The topological polar surface area (TPSA) is 54.6 Å². The number of amides is 1. The summed E-state index contributed by atoms with van der Waals surface area (Å²) < 4.78 is 11.4. The Kier molecular flexibility index (Phi) is 5.83. The lowest BCUT2D eigenvalue weighted by Crippen LogP contribution is -2.41. The van der Waals surface area contributed by atoms with E-state index in [0.717, 1.165) is 47.2 Å². The summed E-state index contributed by atoms with van der Waals surface area (Å²) in [6.07, 6.45) is 5.75. The molecular formula is C26H27ClN2O3. The average Bonchev–Trinajstić information content (AvgIpc) is 3.14. The van der Waals surface area contributed by atoms with Crippen LogP contribution in [-0.4, -0.2) is 35.7 Å². The predicted octanol–water partition coefficient (Wildman–Crippen LogP) is 6.27. The van der Waals surface area contributed by atoms with Crippen molar-refractivity contribution in [2.75, 3.05) is 19.8 Å². The summed E-state index contributed by atoms with van der Waals surface area (Å²) >= 11 is 6.28. The van der Waals surface area contributed by atoms with Crippen molar-refractivity contribution in [2.24, 2.45) is 5.92 Å². The normalized spacial score (nSPS) is 18.2. The maximum atomic E-state index is 13.1. The molecular weight excluding hydrogens is 424 g/mol. The van der Waals surface area contributed by atoms with E-state index >= 15 is 0 Å². The van der Waals surface area contributed by atoms with Gasteiger partial charge in [-0.25, -0.2) is 4.79 Å². The second-order valence-electron chi connectivity index (χ2n) is 8.60. The Bertz CT molecular complexity index is 1130. The second kappa shape index (κ2) is 8.91. The van der Waals surface area contributed by atoms with E-state index in [9.17, 15) is 4.79 Å². The molecule has 1 atom stereocenters. The molecule has 0 saturated heterocycles. The van der Waals surface area contributed by atoms with E-state index in [-0.39, 0.29) is 12.1 Å². The van der Waals surface area contributed by atoms with Crippen LogP contribution in [0.3, 0.4) is 0 Å². The van der Waals surface area contributed by atoms with Crippen LogP contribution >= 0.6 is 11.6 Å². The number of aromatic nitrogens is 1. The van der Waals surface area contributed by atoms with Crippen molar-refractivity contribution in [3.63, 3.8) is 0 Å². The van der Waals surface area contributed by atoms with Crippen LogP contribution in [0.4, 0.5) is 4.79 Å². The maximum absolute atomic E-state index is 13.1. The van der Waals surface area contributed by atoms with Gasteiger partial charge >= 0.3 is 6.09 Å². The summed E-state index contributed by atoms with van der Waals surface area (Å²) in [6, 6.07) is 13.5. The van der Waals surface area contributed by atoms with Gasteiger partial charge in [-0.05, 0) is 66.6 Å². The lowest BCUT2D eigenvalue weighted by atomic mass is 9.86. The van der Waals surface area contributed by atoms with E-state index < -0.39 is 0 Å². The Balaban J connectivity index is 1.50. The molecule has 2 aromatic carbocycles. The van der Waals surface area contributed by atoms with Gasteiger partial charge in [0.15, 0.2) is 0 Å². The molecule has 32 heavy (non-hydrogen) atoms. The van der Waals surface area contributed by atoms with Crippen LogP contribution < -0.4 is 4.74 Å². The van der Waals surface area contributed by atoms with Gasteiger partial charge in [0.05, 0.1) is 6.61 Å². The highest BCUT2D eigenvalue weighted by Gasteiger charge is 2.36. The minimum absolute atomic E-state index is 0.253. The highest BCUT2D eigenvalue weighted by molar-refractivity contribution is 6.31. The van der Waals surface area contributed by atoms with Gasteiger partial charge in [0.2, 0.25) is 0 Å². The summed E-state index contributed by atoms with van der Waals surface area (Å²) in [5.41, 5.74) is 4.27. The molecule has 1 fully saturated rings. The van der Waals surface area contributed by atoms with Crippen LogP contribution in [0.1, 0.15) is 42.1 Å². The van der Waals surface area contributed by atoms with E-state index in [1.807, 2.05) is 47.4 Å². The number of aromatic amines is 1. The summed E-state index contributed by atoms with van der Waals surface area (Å²) in [5.74, 6) is 1.28. The fourth-order valence-electron chi connectivity index (χ4n) is 4.64. The SMILES string of the molecule is C=CCOc1ccc([C@H]2c3[nH]c4ccc(Cl)cc4c3CCN2C(=O)OCC2CCC2)cc1. The first-order chi connectivity index (χ1) is 15.6. The second-order valence-corrected chi connectivity index (χ2v) is 9.03. The van der Waals surface area contributed by atoms with Crippen molar-refractivity contribution in [1.82, 2.24) is 9.88 Å².